The van der Waals surface area contributed by atoms with Gasteiger partial charge in [0.15, 0.2) is 5.78 Å². The lowest BCUT2D eigenvalue weighted by Gasteiger charge is -2.36. The molecule has 0 radical (unpaired) electrons. The summed E-state index contributed by atoms with van der Waals surface area (Å²) >= 11 is 6.05. The number of hydrogen-bond donors (Lipinski definition) is 0. The Morgan fingerprint density at radius 2 is 1.73 bits per heavy atom. The highest BCUT2D eigenvalue weighted by molar-refractivity contribution is 6.55. The van der Waals surface area contributed by atoms with Gasteiger partial charge in [-0.25, -0.2) is 4.99 Å². The zero-order valence-electron chi connectivity index (χ0n) is 14.0. The predicted molar refractivity (Wildman–Crippen MR) is 99.8 cm³/mol. The van der Waals surface area contributed by atoms with Gasteiger partial charge in [-0.2, -0.15) is 0 Å². The zero-order chi connectivity index (χ0) is 18.1. The minimum atomic E-state index is -0.694. The summed E-state index contributed by atoms with van der Waals surface area (Å²) < 4.78 is 5.40. The summed E-state index contributed by atoms with van der Waals surface area (Å²) in [6.45, 7) is 2.23. The highest BCUT2D eigenvalue weighted by atomic mass is 35.5. The van der Waals surface area contributed by atoms with Gasteiger partial charge in [-0.3, -0.25) is 14.5 Å². The molecular formula is C20H17ClN2O3. The molecule has 0 unspecified atom stereocenters. The molecule has 1 atom stereocenters. The van der Waals surface area contributed by atoms with Crippen LogP contribution in [0.1, 0.15) is 20.7 Å². The van der Waals surface area contributed by atoms with Crippen molar-refractivity contribution < 1.29 is 14.3 Å². The van der Waals surface area contributed by atoms with Gasteiger partial charge in [-0.15, -0.1) is 0 Å². The summed E-state index contributed by atoms with van der Waals surface area (Å²) in [6, 6.07) is 13.2. The first-order valence-electron chi connectivity index (χ1n) is 8.49. The van der Waals surface area contributed by atoms with E-state index in [2.05, 4.69) is 4.99 Å². The molecule has 0 amide bonds. The minimum absolute atomic E-state index is 0.0946. The third kappa shape index (κ3) is 3.09. The molecule has 0 spiro atoms. The second-order valence-electron chi connectivity index (χ2n) is 6.27. The fraction of sp³-hybridized carbons (Fsp3) is 0.250. The summed E-state index contributed by atoms with van der Waals surface area (Å²) in [7, 11) is 0. The summed E-state index contributed by atoms with van der Waals surface area (Å²) in [5, 5.41) is 0.532. The fourth-order valence-electron chi connectivity index (χ4n) is 3.40. The number of ether oxygens (including phenoxy) is 1. The number of carbonyl (C=O) groups excluding carboxylic acids is 2. The lowest BCUT2D eigenvalue weighted by Crippen LogP contribution is -2.55. The molecule has 6 heteroatoms. The van der Waals surface area contributed by atoms with Crippen LogP contribution in [-0.4, -0.2) is 54.5 Å². The lowest BCUT2D eigenvalue weighted by atomic mass is 9.83. The van der Waals surface area contributed by atoms with Gasteiger partial charge in [-0.1, -0.05) is 41.9 Å². The third-order valence-electron chi connectivity index (χ3n) is 4.65. The summed E-state index contributed by atoms with van der Waals surface area (Å²) in [5.41, 5.74) is 1.67. The van der Waals surface area contributed by atoms with E-state index in [4.69, 9.17) is 16.3 Å². The minimum Gasteiger partial charge on any atom is -0.379 e. The van der Waals surface area contributed by atoms with Crippen LogP contribution >= 0.6 is 11.6 Å². The Bertz CT molecular complexity index is 903. The molecule has 1 aliphatic carbocycles. The Morgan fingerprint density at radius 3 is 2.46 bits per heavy atom. The van der Waals surface area contributed by atoms with E-state index >= 15 is 0 Å². The van der Waals surface area contributed by atoms with E-state index < -0.39 is 6.04 Å². The SMILES string of the molecule is O=C1C(=Nc2cccc(Cl)c2)[C@@H](N2CCOCC2)C(=O)c2ccccc21. The Kier molecular flexibility index (Phi) is 4.68. The number of hydrogen-bond acceptors (Lipinski definition) is 5. The number of ketones is 2. The number of rotatable bonds is 2. The second-order valence-corrected chi connectivity index (χ2v) is 6.70. The predicted octanol–water partition coefficient (Wildman–Crippen LogP) is 3.19. The Labute approximate surface area is 156 Å². The number of benzene rings is 2. The standard InChI is InChI=1S/C20H17ClN2O3/c21-13-4-3-5-14(12-13)22-17-18(23-8-10-26-11-9-23)20(25)16-7-2-1-6-15(16)19(17)24/h1-7,12,18H,8-11H2/t18-/m1/s1. The monoisotopic (exact) mass is 368 g/mol. The Morgan fingerprint density at radius 1 is 1.00 bits per heavy atom. The molecule has 2 aromatic rings. The number of halogens is 1. The van der Waals surface area contributed by atoms with Crippen LogP contribution in [0.4, 0.5) is 5.69 Å². The van der Waals surface area contributed by atoms with Gasteiger partial charge in [0.05, 0.1) is 18.9 Å². The van der Waals surface area contributed by atoms with Crippen molar-refractivity contribution in [2.24, 2.45) is 4.99 Å². The van der Waals surface area contributed by atoms with Gasteiger partial charge < -0.3 is 4.74 Å². The average Bonchev–Trinajstić information content (AvgIpc) is 2.67. The van der Waals surface area contributed by atoms with Crippen LogP contribution in [0.25, 0.3) is 0 Å². The van der Waals surface area contributed by atoms with Crippen LogP contribution in [0.2, 0.25) is 5.02 Å². The van der Waals surface area contributed by atoms with E-state index in [-0.39, 0.29) is 17.3 Å². The molecule has 0 N–H and O–H groups in total. The van der Waals surface area contributed by atoms with Gasteiger partial charge in [0, 0.05) is 29.2 Å². The molecule has 132 valence electrons. The molecule has 1 saturated heterocycles. The Hall–Kier alpha value is -2.34. The molecular weight excluding hydrogens is 352 g/mol. The highest BCUT2D eigenvalue weighted by Gasteiger charge is 2.42. The smallest absolute Gasteiger partial charge is 0.210 e. The van der Waals surface area contributed by atoms with Gasteiger partial charge >= 0.3 is 0 Å². The molecule has 0 bridgehead atoms. The number of aliphatic imine (C=N–C) groups is 1. The summed E-state index contributed by atoms with van der Waals surface area (Å²) in [6.07, 6.45) is 0. The van der Waals surface area contributed by atoms with Crippen LogP contribution in [0.15, 0.2) is 53.5 Å². The van der Waals surface area contributed by atoms with Crippen LogP contribution in [0.5, 0.6) is 0 Å². The van der Waals surface area contributed by atoms with Crippen LogP contribution < -0.4 is 0 Å². The first-order chi connectivity index (χ1) is 12.6. The van der Waals surface area contributed by atoms with E-state index in [1.807, 2.05) is 4.90 Å². The highest BCUT2D eigenvalue weighted by Crippen LogP contribution is 2.27. The second kappa shape index (κ2) is 7.11. The van der Waals surface area contributed by atoms with Crippen molar-refractivity contribution in [1.82, 2.24) is 4.90 Å². The van der Waals surface area contributed by atoms with Crippen molar-refractivity contribution in [3.63, 3.8) is 0 Å². The quantitative estimate of drug-likeness (QED) is 0.816. The van der Waals surface area contributed by atoms with Gasteiger partial charge in [0.2, 0.25) is 5.78 Å². The topological polar surface area (TPSA) is 59.0 Å². The molecule has 4 rings (SSSR count). The summed E-state index contributed by atoms with van der Waals surface area (Å²) in [4.78, 5) is 32.8. The van der Waals surface area contributed by atoms with Crippen molar-refractivity contribution in [2.75, 3.05) is 26.3 Å². The van der Waals surface area contributed by atoms with Crippen LogP contribution in [-0.2, 0) is 4.74 Å². The lowest BCUT2D eigenvalue weighted by molar-refractivity contribution is 0.0278. The van der Waals surface area contributed by atoms with E-state index in [9.17, 15) is 9.59 Å². The molecule has 0 aromatic heterocycles. The zero-order valence-corrected chi connectivity index (χ0v) is 14.8. The molecule has 1 fully saturated rings. The Balaban J connectivity index is 1.84. The van der Waals surface area contributed by atoms with Crippen molar-refractivity contribution in [3.8, 4) is 0 Å². The maximum Gasteiger partial charge on any atom is 0.210 e. The van der Waals surface area contributed by atoms with Crippen LogP contribution in [0.3, 0.4) is 0 Å². The van der Waals surface area contributed by atoms with Crippen molar-refractivity contribution in [1.29, 1.82) is 0 Å². The average molecular weight is 369 g/mol. The first kappa shape index (κ1) is 17.1. The van der Waals surface area contributed by atoms with Crippen molar-refractivity contribution >= 4 is 34.6 Å². The van der Waals surface area contributed by atoms with E-state index in [1.165, 1.54) is 0 Å². The largest absolute Gasteiger partial charge is 0.379 e. The fourth-order valence-corrected chi connectivity index (χ4v) is 3.59. The molecule has 26 heavy (non-hydrogen) atoms. The normalized spacial score (nSPS) is 22.5. The third-order valence-corrected chi connectivity index (χ3v) is 4.88. The van der Waals surface area contributed by atoms with Crippen molar-refractivity contribution in [3.05, 3.63) is 64.7 Å². The molecule has 1 aliphatic heterocycles. The number of Topliss-reactive ketones (excluding diaryl/α,β-unsaturated/α-hetero) is 2. The van der Waals surface area contributed by atoms with E-state index in [1.54, 1.807) is 48.5 Å². The molecule has 0 saturated carbocycles. The maximum atomic E-state index is 13.2. The molecule has 5 nitrogen and oxygen atoms in total. The van der Waals surface area contributed by atoms with E-state index in [0.717, 1.165) is 0 Å². The summed E-state index contributed by atoms with van der Waals surface area (Å²) in [5.74, 6) is -0.306. The molecule has 1 heterocycles. The van der Waals surface area contributed by atoms with Crippen LogP contribution in [0, 0.1) is 0 Å². The number of nitrogens with zero attached hydrogens (tertiary/aromatic N) is 2. The number of morpholine rings is 1. The first-order valence-corrected chi connectivity index (χ1v) is 8.87. The van der Waals surface area contributed by atoms with Gasteiger partial charge in [-0.05, 0) is 18.2 Å². The molecule has 2 aromatic carbocycles. The van der Waals surface area contributed by atoms with Gasteiger partial charge in [0.25, 0.3) is 0 Å². The van der Waals surface area contributed by atoms with Crippen molar-refractivity contribution in [2.45, 2.75) is 6.04 Å². The number of carbonyl (C=O) groups is 2. The van der Waals surface area contributed by atoms with Gasteiger partial charge in [0.1, 0.15) is 11.8 Å². The number of fused-ring (bicyclic) bond motifs is 1. The maximum absolute atomic E-state index is 13.2. The molecule has 2 aliphatic rings. The van der Waals surface area contributed by atoms with E-state index in [0.29, 0.717) is 48.1 Å².